The molecule has 3 N–H and O–H groups in total. The van der Waals surface area contributed by atoms with Gasteiger partial charge in [0.15, 0.2) is 0 Å². The summed E-state index contributed by atoms with van der Waals surface area (Å²) in [7, 11) is 2.13. The molecule has 0 aromatic rings. The Bertz CT molecular complexity index is 81.1. The number of nitrogens with zero attached hydrogens (tertiary/aromatic N) is 1. The number of hydrogen-bond donors (Lipinski definition) is 2. The number of rotatable bonds is 1. The smallest absolute Gasteiger partial charge is 0.408 e. The summed E-state index contributed by atoms with van der Waals surface area (Å²) in [6, 6.07) is 1.29. The van der Waals surface area contributed by atoms with E-state index < -0.39 is 0 Å². The first-order valence-corrected chi connectivity index (χ1v) is 3.33. The second-order valence-corrected chi connectivity index (χ2v) is 2.55. The van der Waals surface area contributed by atoms with Crippen LogP contribution < -0.4 is 69.5 Å². The van der Waals surface area contributed by atoms with E-state index in [0.29, 0.717) is 0 Å². The molecule has 1 saturated heterocycles. The van der Waals surface area contributed by atoms with Crippen LogP contribution in [0.5, 0.6) is 0 Å². The molecule has 1 rings (SSSR count). The van der Waals surface area contributed by atoms with Crippen molar-refractivity contribution in [3.63, 3.8) is 0 Å². The summed E-state index contributed by atoms with van der Waals surface area (Å²) in [6.07, 6.45) is 2.21. The Morgan fingerprint density at radius 3 is 2.30 bits per heavy atom. The maximum Gasteiger partial charge on any atom is 1.00 e. The molecule has 1 fully saturated rings. The molecule has 0 amide bonds. The van der Waals surface area contributed by atoms with Crippen LogP contribution in [0.25, 0.3) is 0 Å². The van der Waals surface area contributed by atoms with Gasteiger partial charge < -0.3 is 16.2 Å². The molecule has 1 aliphatic rings. The van der Waals surface area contributed by atoms with Gasteiger partial charge in [-0.05, 0) is 20.1 Å². The van der Waals surface area contributed by atoms with Crippen LogP contribution in [0.4, 0.5) is 0 Å². The molecule has 0 aliphatic carbocycles. The quantitative estimate of drug-likeness (QED) is 0.273. The van der Waals surface area contributed by atoms with Crippen molar-refractivity contribution >= 4 is 0 Å². The molecule has 10 heavy (non-hydrogen) atoms. The summed E-state index contributed by atoms with van der Waals surface area (Å²) >= 11 is 0. The zero-order chi connectivity index (χ0) is 6.69. The van der Waals surface area contributed by atoms with E-state index in [2.05, 4.69) is 17.4 Å². The Morgan fingerprint density at radius 2 is 1.90 bits per heavy atom. The van der Waals surface area contributed by atoms with E-state index in [1.54, 1.807) is 0 Å². The molecule has 0 atom stereocenters. The molecule has 54 valence electrons. The third-order valence-electron chi connectivity index (χ3n) is 1.79. The normalized spacial score (nSPS) is 22.2. The monoisotopic (exact) mass is 213 g/mol. The first-order valence-electron chi connectivity index (χ1n) is 3.33. The molecule has 1 heterocycles. The van der Waals surface area contributed by atoms with Crippen molar-refractivity contribution < 1.29 is 58.2 Å². The van der Waals surface area contributed by atoms with Crippen molar-refractivity contribution in [3.8, 4) is 0 Å². The minimum atomic E-state index is 0. The molecule has 4 heteroatoms. The predicted molar refractivity (Wildman–Crippen MR) is 37.3 cm³/mol. The summed E-state index contributed by atoms with van der Waals surface area (Å²) in [5.74, 6) is 5.24. The van der Waals surface area contributed by atoms with Gasteiger partial charge in [-0.15, -0.1) is 0 Å². The summed E-state index contributed by atoms with van der Waals surface area (Å²) < 4.78 is 0. The average Bonchev–Trinajstić information content (AvgIpc) is 1.90. The Kier molecular flexibility index (Phi) is 7.28. The van der Waals surface area contributed by atoms with Gasteiger partial charge in [-0.1, -0.05) is 0 Å². The number of piperidine rings is 1. The van der Waals surface area contributed by atoms with Crippen molar-refractivity contribution in [2.24, 2.45) is 5.84 Å². The summed E-state index contributed by atoms with van der Waals surface area (Å²) in [5.41, 5.74) is 2.71. The van der Waals surface area contributed by atoms with Gasteiger partial charge in [-0.3, -0.25) is 0 Å². The summed E-state index contributed by atoms with van der Waals surface area (Å²) in [5, 5.41) is 0. The Balaban J connectivity index is 0.000000810. The van der Waals surface area contributed by atoms with Gasteiger partial charge in [0.25, 0.3) is 0 Å². The molecule has 0 aromatic carbocycles. The van der Waals surface area contributed by atoms with Crippen molar-refractivity contribution in [3.05, 3.63) is 6.04 Å². The summed E-state index contributed by atoms with van der Waals surface area (Å²) in [6.45, 7) is 2.28. The van der Waals surface area contributed by atoms with Gasteiger partial charge in [0.2, 0.25) is 0 Å². The molecule has 0 saturated carbocycles. The maximum absolute atomic E-state index is 5.24. The second-order valence-electron chi connectivity index (χ2n) is 2.55. The molecule has 0 unspecified atom stereocenters. The molecule has 3 nitrogen and oxygen atoms in total. The van der Waals surface area contributed by atoms with E-state index in [0.717, 1.165) is 25.9 Å². The van der Waals surface area contributed by atoms with Crippen molar-refractivity contribution in [1.29, 1.82) is 0 Å². The largest absolute Gasteiger partial charge is 1.00 e. The van der Waals surface area contributed by atoms with Crippen molar-refractivity contribution in [2.45, 2.75) is 12.8 Å². The maximum atomic E-state index is 5.24. The van der Waals surface area contributed by atoms with Gasteiger partial charge in [0, 0.05) is 0 Å². The van der Waals surface area contributed by atoms with Crippen LogP contribution in [-0.2, 0) is 0 Å². The Labute approximate surface area is 111 Å². The molecule has 0 aromatic heterocycles. The number of hydrazine groups is 1. The first-order chi connectivity index (χ1) is 4.33. The topological polar surface area (TPSA) is 41.3 Å². The minimum Gasteiger partial charge on any atom is -0.408 e. The Hall–Kier alpha value is 1.69. The van der Waals surface area contributed by atoms with Crippen LogP contribution in [-0.4, -0.2) is 25.0 Å². The van der Waals surface area contributed by atoms with Gasteiger partial charge in [0.1, 0.15) is 0 Å². The van der Waals surface area contributed by atoms with Crippen LogP contribution in [0.3, 0.4) is 0 Å². The standard InChI is InChI=1S/C6H14N3.Rb/c1-9-4-2-6(8-7)3-5-9;/h8H,2-5,7H2,1H3;/q-1;+1. The summed E-state index contributed by atoms with van der Waals surface area (Å²) in [4.78, 5) is 2.31. The van der Waals surface area contributed by atoms with Gasteiger partial charge in [-0.25, -0.2) is 6.04 Å². The second kappa shape index (κ2) is 6.23. The van der Waals surface area contributed by atoms with Crippen molar-refractivity contribution in [2.75, 3.05) is 20.1 Å². The van der Waals surface area contributed by atoms with E-state index in [4.69, 9.17) is 5.84 Å². The third kappa shape index (κ3) is 3.90. The molecule has 0 radical (unpaired) electrons. The zero-order valence-corrected chi connectivity index (χ0v) is 11.8. The minimum absolute atomic E-state index is 0. The van der Waals surface area contributed by atoms with Crippen LogP contribution >= 0.6 is 0 Å². The van der Waals surface area contributed by atoms with Gasteiger partial charge >= 0.3 is 58.2 Å². The fraction of sp³-hybridized carbons (Fsp3) is 0.833. The number of nitrogens with one attached hydrogen (secondary N) is 1. The van der Waals surface area contributed by atoms with E-state index in [1.807, 2.05) is 0 Å². The van der Waals surface area contributed by atoms with E-state index >= 15 is 0 Å². The van der Waals surface area contributed by atoms with Gasteiger partial charge in [0.05, 0.1) is 0 Å². The SMILES string of the molecule is CN1CC[C-](NN)CC1.[Rb+]. The number of hydrogen-bond acceptors (Lipinski definition) is 3. The Morgan fingerprint density at radius 1 is 1.40 bits per heavy atom. The van der Waals surface area contributed by atoms with E-state index in [-0.39, 0.29) is 58.2 Å². The molecular weight excluding hydrogens is 200 g/mol. The van der Waals surface area contributed by atoms with Crippen molar-refractivity contribution in [1.82, 2.24) is 10.3 Å². The number of nitrogens with two attached hydrogens (primary N) is 1. The van der Waals surface area contributed by atoms with Crippen LogP contribution in [0.15, 0.2) is 0 Å². The fourth-order valence-electron chi connectivity index (χ4n) is 1.03. The predicted octanol–water partition coefficient (Wildman–Crippen LogP) is -3.29. The third-order valence-corrected chi connectivity index (χ3v) is 1.79. The zero-order valence-electron chi connectivity index (χ0n) is 6.85. The van der Waals surface area contributed by atoms with E-state index in [9.17, 15) is 0 Å². The number of likely N-dealkylation sites (tertiary alicyclic amines) is 1. The molecule has 0 spiro atoms. The molecular formula is C6H14N3Rb. The van der Waals surface area contributed by atoms with Crippen LogP contribution in [0.2, 0.25) is 0 Å². The van der Waals surface area contributed by atoms with E-state index in [1.165, 1.54) is 6.04 Å². The fourth-order valence-corrected chi connectivity index (χ4v) is 1.03. The van der Waals surface area contributed by atoms with Gasteiger partial charge in [-0.2, -0.15) is 12.8 Å². The van der Waals surface area contributed by atoms with Crippen LogP contribution in [0.1, 0.15) is 12.8 Å². The first kappa shape index (κ1) is 11.7. The average molecular weight is 214 g/mol. The molecule has 0 bridgehead atoms. The molecule has 1 aliphatic heterocycles. The van der Waals surface area contributed by atoms with Crippen LogP contribution in [0, 0.1) is 6.04 Å².